The van der Waals surface area contributed by atoms with Crippen LogP contribution in [0.5, 0.6) is 0 Å². The van der Waals surface area contributed by atoms with E-state index in [0.29, 0.717) is 41.4 Å². The molecule has 0 N–H and O–H groups in total. The van der Waals surface area contributed by atoms with Crippen LogP contribution in [-0.4, -0.2) is 39.9 Å². The van der Waals surface area contributed by atoms with Crippen LogP contribution in [0.25, 0.3) is 78.9 Å². The van der Waals surface area contributed by atoms with E-state index < -0.39 is 0 Å². The first-order chi connectivity index (χ1) is 52.9. The van der Waals surface area contributed by atoms with Gasteiger partial charge in [-0.2, -0.15) is 0 Å². The average Bonchev–Trinajstić information content (AvgIpc) is 0.816. The van der Waals surface area contributed by atoms with Gasteiger partial charge in [0.05, 0.1) is 34.2 Å². The minimum Gasteiger partial charge on any atom is -0.258 e. The van der Waals surface area contributed by atoms with E-state index in [4.69, 9.17) is 19.9 Å². The van der Waals surface area contributed by atoms with Crippen molar-refractivity contribution in [3.63, 3.8) is 0 Å². The van der Waals surface area contributed by atoms with Gasteiger partial charge in [-0.15, -0.1) is 0 Å². The van der Waals surface area contributed by atoms with Gasteiger partial charge in [-0.05, 0) is 165 Å². The second-order valence-electron chi connectivity index (χ2n) is 29.9. The van der Waals surface area contributed by atoms with E-state index in [1.54, 1.807) is 0 Å². The lowest BCUT2D eigenvalue weighted by atomic mass is 9.96. The van der Waals surface area contributed by atoms with Crippen LogP contribution >= 0.6 is 0 Å². The van der Waals surface area contributed by atoms with Gasteiger partial charge in [0.1, 0.15) is 0 Å². The highest BCUT2D eigenvalue weighted by atomic mass is 14.9. The number of aromatic nitrogens is 8. The van der Waals surface area contributed by atoms with Gasteiger partial charge in [0.2, 0.25) is 0 Å². The molecule has 14 aromatic rings. The normalized spacial score (nSPS) is 10.7. The molecule has 8 heteroatoms. The van der Waals surface area contributed by atoms with E-state index >= 15 is 0 Å². The maximum atomic E-state index is 4.93. The van der Waals surface area contributed by atoms with Gasteiger partial charge in [-0.3, -0.25) is 19.9 Å². The van der Waals surface area contributed by atoms with E-state index in [-0.39, 0.29) is 0 Å². The maximum Gasteiger partial charge on any atom is 0.160 e. The molecule has 0 spiro atoms. The van der Waals surface area contributed by atoms with E-state index in [1.807, 2.05) is 125 Å². The molecule has 0 amide bonds. The van der Waals surface area contributed by atoms with Crippen molar-refractivity contribution in [2.75, 3.05) is 0 Å². The molecule has 0 radical (unpaired) electrons. The smallest absolute Gasteiger partial charge is 0.160 e. The number of hydrogen-bond acceptors (Lipinski definition) is 8. The minimum atomic E-state index is 0.373. The Morgan fingerprint density at radius 1 is 0.191 bits per heavy atom. The Balaban J connectivity index is 0.000000165. The van der Waals surface area contributed by atoms with Gasteiger partial charge < -0.3 is 0 Å². The maximum absolute atomic E-state index is 4.93. The van der Waals surface area contributed by atoms with E-state index in [0.717, 1.165) is 102 Å². The summed E-state index contributed by atoms with van der Waals surface area (Å²) >= 11 is 0. The molecule has 0 aliphatic rings. The van der Waals surface area contributed by atoms with Crippen LogP contribution in [0, 0.1) is 34.6 Å². The lowest BCUT2D eigenvalue weighted by molar-refractivity contribution is 0.815. The topological polar surface area (TPSA) is 103 Å². The van der Waals surface area contributed by atoms with Gasteiger partial charge in [0.15, 0.2) is 5.82 Å². The fraction of sp³-hybridized carbons (Fsp3) is 0.255. The molecular weight excluding hydrogens is 1340 g/mol. The first-order valence-electron chi connectivity index (χ1n) is 39.0. The molecule has 0 saturated heterocycles. The minimum absolute atomic E-state index is 0.373. The van der Waals surface area contributed by atoms with Crippen molar-refractivity contribution in [2.45, 2.75) is 173 Å². The summed E-state index contributed by atoms with van der Waals surface area (Å²) in [6.45, 7) is 40.8. The Kier molecular flexibility index (Phi) is 32.8. The van der Waals surface area contributed by atoms with Crippen LogP contribution in [0.4, 0.5) is 0 Å². The van der Waals surface area contributed by atoms with Crippen molar-refractivity contribution in [1.82, 2.24) is 39.9 Å². The molecule has 0 bridgehead atoms. The fourth-order valence-electron chi connectivity index (χ4n) is 12.1. The summed E-state index contributed by atoms with van der Waals surface area (Å²) in [5, 5.41) is 0. The molecule has 0 saturated carbocycles. The SMILES string of the molecule is CC(C)c1cc(-c2ccccc2)nc(-c2ccccc2)c1.CC(C)c1cc(-c2ccccc2)nc(-c2ccccc2)n1.CC(C)c1ccc(-c2ccccc2)nc1-c1ccccc1.CC(C)c1cccc(-c2ccccc2)n1.Cc1cc(C(C)C)cc(C)n1.Cc1ccc(C(C)C)c(C)n1.Cc1cccc(C(C)C)n1. The van der Waals surface area contributed by atoms with Gasteiger partial charge >= 0.3 is 0 Å². The first-order valence-corrected chi connectivity index (χ1v) is 39.0. The zero-order valence-electron chi connectivity index (χ0n) is 68.5. The summed E-state index contributed by atoms with van der Waals surface area (Å²) < 4.78 is 0. The largest absolute Gasteiger partial charge is 0.258 e. The van der Waals surface area contributed by atoms with Crippen LogP contribution in [0.2, 0.25) is 0 Å². The second-order valence-corrected chi connectivity index (χ2v) is 29.9. The van der Waals surface area contributed by atoms with Crippen molar-refractivity contribution in [1.29, 1.82) is 0 Å². The molecule has 0 atom stereocenters. The van der Waals surface area contributed by atoms with Crippen molar-refractivity contribution in [3.8, 4) is 78.9 Å². The first kappa shape index (κ1) is 84.1. The summed E-state index contributed by atoms with van der Waals surface area (Å²) in [6.07, 6.45) is 0. The molecule has 0 unspecified atom stereocenters. The standard InChI is InChI=1S/2C20H19N.C19H18N2.C14H15N.2C10H15N.C9H13N/c1-15(2)18-13-19(16-9-5-3-6-10-16)21-20(14-18)17-11-7-4-8-12-17;1-15(2)18-13-14-19(16-9-5-3-6-10-16)21-20(18)17-11-7-4-8-12-17;1-14(2)17-13-18(15-9-5-3-6-10-15)21-19(20-17)16-11-7-4-8-12-16;1-11(2)13-9-6-10-14(15-13)12-7-4-3-5-8-12;1-7(2)10-5-8(3)11-9(4)6-10;1-7(2)10-6-5-8(3)11-9(10)4;1-7(2)9-6-4-5-8(3)10-9/h2*3-15H,1-2H3;3-14H,1-2H3;3-11H,1-2H3;2*5-7H,1-4H3;4-7H,1-3H3. The number of aryl methyl sites for hydroxylation is 5. The zero-order chi connectivity index (χ0) is 79.1. The predicted octanol–water partition coefficient (Wildman–Crippen LogP) is 28.0. The summed E-state index contributed by atoms with van der Waals surface area (Å²) in [4.78, 5) is 37.0. The van der Waals surface area contributed by atoms with Gasteiger partial charge in [0.25, 0.3) is 0 Å². The van der Waals surface area contributed by atoms with Crippen molar-refractivity contribution in [2.24, 2.45) is 0 Å². The van der Waals surface area contributed by atoms with Crippen LogP contribution in [0.15, 0.2) is 303 Å². The molecule has 14 rings (SSSR count). The van der Waals surface area contributed by atoms with Crippen molar-refractivity contribution < 1.29 is 0 Å². The molecule has 8 nitrogen and oxygen atoms in total. The van der Waals surface area contributed by atoms with E-state index in [1.165, 1.54) is 44.8 Å². The van der Waals surface area contributed by atoms with E-state index in [9.17, 15) is 0 Å². The Morgan fingerprint density at radius 3 is 0.936 bits per heavy atom. The quantitative estimate of drug-likeness (QED) is 0.106. The van der Waals surface area contributed by atoms with Gasteiger partial charge in [-0.25, -0.2) is 19.9 Å². The summed E-state index contributed by atoms with van der Waals surface area (Å²) in [5.74, 6) is 4.32. The molecule has 0 fully saturated rings. The third-order valence-corrected chi connectivity index (χ3v) is 18.3. The fourth-order valence-corrected chi connectivity index (χ4v) is 12.1. The molecule has 0 aliphatic heterocycles. The highest BCUT2D eigenvalue weighted by Crippen LogP contribution is 2.33. The van der Waals surface area contributed by atoms with Crippen LogP contribution in [-0.2, 0) is 0 Å². The lowest BCUT2D eigenvalue weighted by Gasteiger charge is -2.14. The highest BCUT2D eigenvalue weighted by molar-refractivity contribution is 5.71. The van der Waals surface area contributed by atoms with Crippen LogP contribution in [0.3, 0.4) is 0 Å². The Bertz CT molecular complexity index is 4760. The second kappa shape index (κ2) is 42.9. The molecule has 7 aromatic heterocycles. The molecule has 110 heavy (non-hydrogen) atoms. The van der Waals surface area contributed by atoms with Crippen molar-refractivity contribution >= 4 is 0 Å². The molecule has 7 aromatic carbocycles. The number of benzene rings is 7. The summed E-state index contributed by atoms with van der Waals surface area (Å²) in [6, 6.07) is 104. The van der Waals surface area contributed by atoms with Crippen LogP contribution < -0.4 is 0 Å². The number of rotatable bonds is 14. The van der Waals surface area contributed by atoms with Gasteiger partial charge in [0, 0.05) is 84.5 Å². The van der Waals surface area contributed by atoms with Gasteiger partial charge in [-0.1, -0.05) is 334 Å². The summed E-state index contributed by atoms with van der Waals surface area (Å²) in [5.41, 5.74) is 28.6. The Hall–Kier alpha value is -11.5. The average molecular weight is 1450 g/mol. The Labute approximate surface area is 658 Å². The third kappa shape index (κ3) is 26.4. The number of pyridine rings is 6. The summed E-state index contributed by atoms with van der Waals surface area (Å²) in [7, 11) is 0. The van der Waals surface area contributed by atoms with Crippen LogP contribution in [0.1, 0.15) is 206 Å². The number of nitrogens with zero attached hydrogens (tertiary/aromatic N) is 8. The van der Waals surface area contributed by atoms with Crippen molar-refractivity contribution in [3.05, 3.63) is 371 Å². The zero-order valence-corrected chi connectivity index (χ0v) is 68.5. The molecular formula is C102H114N8. The molecule has 562 valence electrons. The number of hydrogen-bond donors (Lipinski definition) is 0. The lowest BCUT2D eigenvalue weighted by Crippen LogP contribution is -1.99. The predicted molar refractivity (Wildman–Crippen MR) is 468 cm³/mol. The Morgan fingerprint density at radius 2 is 0.545 bits per heavy atom. The molecule has 0 aliphatic carbocycles. The third-order valence-electron chi connectivity index (χ3n) is 18.3. The van der Waals surface area contributed by atoms with E-state index in [2.05, 4.69) is 330 Å². The highest BCUT2D eigenvalue weighted by Gasteiger charge is 2.15. The monoisotopic (exact) mass is 1450 g/mol. The molecule has 7 heterocycles.